The lowest BCUT2D eigenvalue weighted by Crippen LogP contribution is -2.34. The molecule has 1 aromatic rings. The number of amides is 2. The van der Waals surface area contributed by atoms with Crippen LogP contribution < -0.4 is 10.1 Å². The predicted octanol–water partition coefficient (Wildman–Crippen LogP) is 2.39. The zero-order valence-corrected chi connectivity index (χ0v) is 14.7. The minimum Gasteiger partial charge on any atom is -0.496 e. The van der Waals surface area contributed by atoms with Crippen LogP contribution in [0.15, 0.2) is 24.3 Å². The van der Waals surface area contributed by atoms with Gasteiger partial charge in [0, 0.05) is 26.1 Å². The van der Waals surface area contributed by atoms with Crippen molar-refractivity contribution in [3.63, 3.8) is 0 Å². The summed E-state index contributed by atoms with van der Waals surface area (Å²) < 4.78 is 5.31. The van der Waals surface area contributed by atoms with Gasteiger partial charge >= 0.3 is 0 Å². The summed E-state index contributed by atoms with van der Waals surface area (Å²) in [5, 5.41) is 2.96. The number of benzene rings is 1. The van der Waals surface area contributed by atoms with Crippen LogP contribution in [0.25, 0.3) is 0 Å². The summed E-state index contributed by atoms with van der Waals surface area (Å²) in [7, 11) is 1.65. The van der Waals surface area contributed by atoms with Gasteiger partial charge in [-0.1, -0.05) is 38.0 Å². The number of rotatable bonds is 9. The van der Waals surface area contributed by atoms with Gasteiger partial charge in [-0.05, 0) is 24.5 Å². The van der Waals surface area contributed by atoms with Crippen LogP contribution in [0, 0.1) is 5.92 Å². The molecule has 5 nitrogen and oxygen atoms in total. The number of unbranched alkanes of at least 4 members (excludes halogenated alkanes) is 2. The van der Waals surface area contributed by atoms with Crippen molar-refractivity contribution in [2.24, 2.45) is 5.92 Å². The average molecular weight is 332 g/mol. The monoisotopic (exact) mass is 332 g/mol. The number of likely N-dealkylation sites (tertiary alicyclic amines) is 1. The summed E-state index contributed by atoms with van der Waals surface area (Å²) in [5.74, 6) is 0.717. The maximum Gasteiger partial charge on any atom is 0.225 e. The SMILES string of the molecule is CCCCCN1CC(C(=O)NCCc2ccccc2OC)CC1=O. The van der Waals surface area contributed by atoms with Gasteiger partial charge in [-0.2, -0.15) is 0 Å². The van der Waals surface area contributed by atoms with Crippen molar-refractivity contribution in [1.29, 1.82) is 0 Å². The van der Waals surface area contributed by atoms with Crippen molar-refractivity contribution in [3.05, 3.63) is 29.8 Å². The number of nitrogens with zero attached hydrogens (tertiary/aromatic N) is 1. The van der Waals surface area contributed by atoms with E-state index in [1.165, 1.54) is 0 Å². The normalized spacial score (nSPS) is 17.2. The van der Waals surface area contributed by atoms with Gasteiger partial charge in [0.25, 0.3) is 0 Å². The maximum atomic E-state index is 12.3. The number of nitrogens with one attached hydrogen (secondary N) is 1. The minimum absolute atomic E-state index is 0.0174. The molecule has 1 aromatic carbocycles. The molecule has 5 heteroatoms. The van der Waals surface area contributed by atoms with Crippen molar-refractivity contribution in [3.8, 4) is 5.75 Å². The Balaban J connectivity index is 1.76. The van der Waals surface area contributed by atoms with Gasteiger partial charge in [0.15, 0.2) is 0 Å². The molecule has 1 unspecified atom stereocenters. The van der Waals surface area contributed by atoms with Gasteiger partial charge in [-0.15, -0.1) is 0 Å². The van der Waals surface area contributed by atoms with Crippen LogP contribution in [0.4, 0.5) is 0 Å². The fourth-order valence-corrected chi connectivity index (χ4v) is 3.09. The Morgan fingerprint density at radius 1 is 1.33 bits per heavy atom. The van der Waals surface area contributed by atoms with Crippen molar-refractivity contribution in [2.75, 3.05) is 26.7 Å². The third-order valence-electron chi connectivity index (χ3n) is 4.50. The van der Waals surface area contributed by atoms with Crippen molar-refractivity contribution < 1.29 is 14.3 Å². The summed E-state index contributed by atoms with van der Waals surface area (Å²) >= 11 is 0. The van der Waals surface area contributed by atoms with Crippen molar-refractivity contribution in [1.82, 2.24) is 10.2 Å². The molecule has 1 N–H and O–H groups in total. The summed E-state index contributed by atoms with van der Waals surface area (Å²) in [4.78, 5) is 26.1. The fraction of sp³-hybridized carbons (Fsp3) is 0.579. The van der Waals surface area contributed by atoms with Gasteiger partial charge in [0.05, 0.1) is 13.0 Å². The molecule has 0 spiro atoms. The Morgan fingerprint density at radius 3 is 2.88 bits per heavy atom. The summed E-state index contributed by atoms with van der Waals surface area (Å²) in [6.45, 7) is 4.03. The van der Waals surface area contributed by atoms with E-state index in [1.807, 2.05) is 29.2 Å². The second-order valence-electron chi connectivity index (χ2n) is 6.30. The van der Waals surface area contributed by atoms with Gasteiger partial charge in [0.2, 0.25) is 11.8 Å². The van der Waals surface area contributed by atoms with E-state index in [9.17, 15) is 9.59 Å². The lowest BCUT2D eigenvalue weighted by Gasteiger charge is -2.16. The molecule has 1 heterocycles. The first-order valence-electron chi connectivity index (χ1n) is 8.83. The highest BCUT2D eigenvalue weighted by atomic mass is 16.5. The first-order chi connectivity index (χ1) is 11.7. The highest BCUT2D eigenvalue weighted by Crippen LogP contribution is 2.19. The van der Waals surface area contributed by atoms with Crippen LogP contribution in [0.5, 0.6) is 5.75 Å². The molecular formula is C19H28N2O3. The Hall–Kier alpha value is -2.04. The molecule has 1 aliphatic heterocycles. The summed E-state index contributed by atoms with van der Waals surface area (Å²) in [6.07, 6.45) is 4.34. The first kappa shape index (κ1) is 18.3. The van der Waals surface area contributed by atoms with E-state index >= 15 is 0 Å². The van der Waals surface area contributed by atoms with E-state index in [0.29, 0.717) is 19.5 Å². The lowest BCUT2D eigenvalue weighted by atomic mass is 10.1. The number of hydrogen-bond donors (Lipinski definition) is 1. The average Bonchev–Trinajstić information content (AvgIpc) is 2.96. The van der Waals surface area contributed by atoms with Gasteiger partial charge in [-0.3, -0.25) is 9.59 Å². The van der Waals surface area contributed by atoms with E-state index in [1.54, 1.807) is 7.11 Å². The van der Waals surface area contributed by atoms with Crippen LogP contribution >= 0.6 is 0 Å². The number of carbonyl (C=O) groups excluding carboxylic acids is 2. The number of para-hydroxylation sites is 1. The second-order valence-corrected chi connectivity index (χ2v) is 6.30. The topological polar surface area (TPSA) is 58.6 Å². The number of ether oxygens (including phenoxy) is 1. The van der Waals surface area contributed by atoms with Gasteiger partial charge in [-0.25, -0.2) is 0 Å². The van der Waals surface area contributed by atoms with Gasteiger partial charge in [0.1, 0.15) is 5.75 Å². The molecule has 0 saturated carbocycles. The molecular weight excluding hydrogens is 304 g/mol. The molecule has 0 aromatic heterocycles. The third kappa shape index (κ3) is 4.98. The number of hydrogen-bond acceptors (Lipinski definition) is 3. The Labute approximate surface area is 144 Å². The predicted molar refractivity (Wildman–Crippen MR) is 93.9 cm³/mol. The van der Waals surface area contributed by atoms with Crippen LogP contribution in [-0.2, 0) is 16.0 Å². The molecule has 1 aliphatic rings. The lowest BCUT2D eigenvalue weighted by molar-refractivity contribution is -0.129. The zero-order chi connectivity index (χ0) is 17.4. The smallest absolute Gasteiger partial charge is 0.225 e. The van der Waals surface area contributed by atoms with Crippen molar-refractivity contribution >= 4 is 11.8 Å². The Morgan fingerprint density at radius 2 is 2.12 bits per heavy atom. The first-order valence-corrected chi connectivity index (χ1v) is 8.83. The van der Waals surface area contributed by atoms with Crippen LogP contribution in [0.3, 0.4) is 0 Å². The molecule has 2 amide bonds. The molecule has 24 heavy (non-hydrogen) atoms. The van der Waals surface area contributed by atoms with Gasteiger partial charge < -0.3 is 15.0 Å². The van der Waals surface area contributed by atoms with Crippen LogP contribution in [0.2, 0.25) is 0 Å². The van der Waals surface area contributed by atoms with E-state index in [-0.39, 0.29) is 17.7 Å². The van der Waals surface area contributed by atoms with E-state index in [4.69, 9.17) is 4.74 Å². The summed E-state index contributed by atoms with van der Waals surface area (Å²) in [5.41, 5.74) is 1.07. The molecule has 0 bridgehead atoms. The van der Waals surface area contributed by atoms with Crippen molar-refractivity contribution in [2.45, 2.75) is 39.0 Å². The molecule has 0 aliphatic carbocycles. The fourth-order valence-electron chi connectivity index (χ4n) is 3.09. The standard InChI is InChI=1S/C19H28N2O3/c1-3-4-7-12-21-14-16(13-18(21)22)19(23)20-11-10-15-8-5-6-9-17(15)24-2/h5-6,8-9,16H,3-4,7,10-14H2,1-2H3,(H,20,23). The molecule has 132 valence electrons. The molecule has 1 atom stereocenters. The maximum absolute atomic E-state index is 12.3. The van der Waals surface area contributed by atoms with E-state index < -0.39 is 0 Å². The number of methoxy groups -OCH3 is 1. The largest absolute Gasteiger partial charge is 0.496 e. The minimum atomic E-state index is -0.211. The molecule has 1 fully saturated rings. The highest BCUT2D eigenvalue weighted by molar-refractivity contribution is 5.89. The number of carbonyl (C=O) groups is 2. The van der Waals surface area contributed by atoms with Crippen LogP contribution in [0.1, 0.15) is 38.2 Å². The molecule has 0 radical (unpaired) electrons. The third-order valence-corrected chi connectivity index (χ3v) is 4.50. The Bertz CT molecular complexity index is 559. The molecule has 2 rings (SSSR count). The summed E-state index contributed by atoms with van der Waals surface area (Å²) in [6, 6.07) is 7.81. The quantitative estimate of drug-likeness (QED) is 0.707. The zero-order valence-electron chi connectivity index (χ0n) is 14.7. The van der Waals surface area contributed by atoms with Crippen LogP contribution in [-0.4, -0.2) is 43.5 Å². The van der Waals surface area contributed by atoms with E-state index in [2.05, 4.69) is 12.2 Å². The second kappa shape index (κ2) is 9.30. The Kier molecular flexibility index (Phi) is 7.09. The molecule has 1 saturated heterocycles. The highest BCUT2D eigenvalue weighted by Gasteiger charge is 2.33. The van der Waals surface area contributed by atoms with E-state index in [0.717, 1.165) is 43.5 Å².